The van der Waals surface area contributed by atoms with Gasteiger partial charge in [-0.05, 0) is 18.9 Å². The minimum Gasteiger partial charge on any atom is -0.328 e. The van der Waals surface area contributed by atoms with Gasteiger partial charge in [0, 0.05) is 25.4 Å². The Morgan fingerprint density at radius 1 is 1.16 bits per heavy atom. The number of pyridine rings is 1. The van der Waals surface area contributed by atoms with Gasteiger partial charge < -0.3 is 4.98 Å². The molecule has 1 N–H and O–H groups in total. The lowest BCUT2D eigenvalue weighted by Crippen LogP contribution is -2.36. The van der Waals surface area contributed by atoms with E-state index < -0.39 is 10.0 Å². The summed E-state index contributed by atoms with van der Waals surface area (Å²) in [4.78, 5) is 13.6. The van der Waals surface area contributed by atoms with Crippen molar-refractivity contribution in [3.8, 4) is 0 Å². The van der Waals surface area contributed by atoms with Gasteiger partial charge in [-0.25, -0.2) is 8.42 Å². The molecular formula is C13H20N2O3S. The molecule has 1 aliphatic rings. The molecule has 1 saturated carbocycles. The van der Waals surface area contributed by atoms with Crippen LogP contribution in [-0.4, -0.2) is 30.8 Å². The quantitative estimate of drug-likeness (QED) is 0.859. The van der Waals surface area contributed by atoms with E-state index >= 15 is 0 Å². The van der Waals surface area contributed by atoms with Crippen molar-refractivity contribution in [2.45, 2.75) is 49.5 Å². The summed E-state index contributed by atoms with van der Waals surface area (Å²) in [7, 11) is -1.87. The first kappa shape index (κ1) is 14.3. The molecule has 0 saturated heterocycles. The van der Waals surface area contributed by atoms with Crippen LogP contribution in [0.2, 0.25) is 0 Å². The van der Waals surface area contributed by atoms with Gasteiger partial charge in [-0.2, -0.15) is 4.31 Å². The normalized spacial score (nSPS) is 18.4. The highest BCUT2D eigenvalue weighted by molar-refractivity contribution is 7.89. The minimum atomic E-state index is -3.51. The molecule has 6 heteroatoms. The average Bonchev–Trinajstić information content (AvgIpc) is 2.67. The monoisotopic (exact) mass is 284 g/mol. The van der Waals surface area contributed by atoms with Gasteiger partial charge in [0.25, 0.3) is 0 Å². The van der Waals surface area contributed by atoms with Crippen LogP contribution in [0.3, 0.4) is 0 Å². The Kier molecular flexibility index (Phi) is 4.42. The number of aromatic nitrogens is 1. The van der Waals surface area contributed by atoms with E-state index in [1.165, 1.54) is 35.5 Å². The summed E-state index contributed by atoms with van der Waals surface area (Å²) in [5.74, 6) is 0. The summed E-state index contributed by atoms with van der Waals surface area (Å²) in [6, 6.07) is 2.68. The molecule has 0 atom stereocenters. The summed E-state index contributed by atoms with van der Waals surface area (Å²) in [5.41, 5.74) is -0.295. The van der Waals surface area contributed by atoms with Gasteiger partial charge in [0.05, 0.1) is 4.90 Å². The fraction of sp³-hybridized carbons (Fsp3) is 0.615. The van der Waals surface area contributed by atoms with Crippen molar-refractivity contribution in [3.63, 3.8) is 0 Å². The molecule has 0 amide bonds. The molecule has 1 aliphatic carbocycles. The summed E-state index contributed by atoms with van der Waals surface area (Å²) in [6.07, 6.45) is 7.63. The molecule has 1 heterocycles. The van der Waals surface area contributed by atoms with E-state index in [0.717, 1.165) is 25.7 Å². The maximum atomic E-state index is 12.5. The fourth-order valence-electron chi connectivity index (χ4n) is 2.54. The van der Waals surface area contributed by atoms with Gasteiger partial charge in [0.1, 0.15) is 0 Å². The molecule has 1 aromatic rings. The molecule has 5 nitrogen and oxygen atoms in total. The van der Waals surface area contributed by atoms with Gasteiger partial charge in [-0.15, -0.1) is 0 Å². The Morgan fingerprint density at radius 3 is 2.32 bits per heavy atom. The Labute approximate surface area is 113 Å². The van der Waals surface area contributed by atoms with Crippen LogP contribution < -0.4 is 5.56 Å². The van der Waals surface area contributed by atoms with Crippen molar-refractivity contribution in [2.75, 3.05) is 7.05 Å². The third kappa shape index (κ3) is 3.25. The number of H-pyrrole nitrogens is 1. The largest absolute Gasteiger partial charge is 0.328 e. The van der Waals surface area contributed by atoms with Crippen LogP contribution in [0.15, 0.2) is 28.0 Å². The zero-order chi connectivity index (χ0) is 13.9. The number of nitrogens with zero attached hydrogens (tertiary/aromatic N) is 1. The number of nitrogens with one attached hydrogen (secondary N) is 1. The Bertz CT molecular complexity index is 551. The van der Waals surface area contributed by atoms with Gasteiger partial charge >= 0.3 is 0 Å². The first-order valence-corrected chi connectivity index (χ1v) is 8.12. The third-order valence-corrected chi connectivity index (χ3v) is 5.68. The van der Waals surface area contributed by atoms with Crippen molar-refractivity contribution < 1.29 is 8.42 Å². The molecule has 0 radical (unpaired) electrons. The van der Waals surface area contributed by atoms with Gasteiger partial charge in [0.2, 0.25) is 15.6 Å². The molecule has 106 valence electrons. The number of rotatable bonds is 3. The van der Waals surface area contributed by atoms with E-state index in [1.807, 2.05) is 0 Å². The van der Waals surface area contributed by atoms with E-state index in [0.29, 0.717) is 0 Å². The molecule has 0 bridgehead atoms. The zero-order valence-corrected chi connectivity index (χ0v) is 11.9. The van der Waals surface area contributed by atoms with E-state index in [-0.39, 0.29) is 16.5 Å². The highest BCUT2D eigenvalue weighted by atomic mass is 32.2. The second-order valence-electron chi connectivity index (χ2n) is 5.06. The number of sulfonamides is 1. The van der Waals surface area contributed by atoms with E-state index in [1.54, 1.807) is 7.05 Å². The number of hydrogen-bond donors (Lipinski definition) is 1. The molecule has 1 aromatic heterocycles. The van der Waals surface area contributed by atoms with Crippen molar-refractivity contribution in [1.82, 2.24) is 9.29 Å². The molecule has 2 rings (SSSR count). The summed E-state index contributed by atoms with van der Waals surface area (Å²) in [6.45, 7) is 0. The fourth-order valence-corrected chi connectivity index (χ4v) is 3.92. The van der Waals surface area contributed by atoms with E-state index in [9.17, 15) is 13.2 Å². The molecule has 0 unspecified atom stereocenters. The lowest BCUT2D eigenvalue weighted by atomic mass is 10.1. The highest BCUT2D eigenvalue weighted by Crippen LogP contribution is 2.25. The lowest BCUT2D eigenvalue weighted by Gasteiger charge is -2.26. The standard InChI is InChI=1S/C13H20N2O3S/c1-15(11-6-4-2-3-5-7-11)19(17,18)12-8-9-13(16)14-10-12/h8-11H,2-7H2,1H3,(H,14,16). The second-order valence-corrected chi connectivity index (χ2v) is 7.05. The number of aromatic amines is 1. The first-order chi connectivity index (χ1) is 9.01. The smallest absolute Gasteiger partial charge is 0.247 e. The summed E-state index contributed by atoms with van der Waals surface area (Å²) < 4.78 is 26.4. The van der Waals surface area contributed by atoms with Crippen molar-refractivity contribution in [3.05, 3.63) is 28.7 Å². The van der Waals surface area contributed by atoms with Crippen LogP contribution in [-0.2, 0) is 10.0 Å². The average molecular weight is 284 g/mol. The molecule has 1 fully saturated rings. The summed E-state index contributed by atoms with van der Waals surface area (Å²) >= 11 is 0. The molecule has 0 aromatic carbocycles. The van der Waals surface area contributed by atoms with Gasteiger partial charge in [-0.1, -0.05) is 25.7 Å². The molecular weight excluding hydrogens is 264 g/mol. The van der Waals surface area contributed by atoms with Crippen molar-refractivity contribution >= 4 is 10.0 Å². The zero-order valence-electron chi connectivity index (χ0n) is 11.1. The highest BCUT2D eigenvalue weighted by Gasteiger charge is 2.28. The lowest BCUT2D eigenvalue weighted by molar-refractivity contribution is 0.335. The maximum absolute atomic E-state index is 12.5. The first-order valence-electron chi connectivity index (χ1n) is 6.68. The Morgan fingerprint density at radius 2 is 1.79 bits per heavy atom. The van der Waals surface area contributed by atoms with E-state index in [4.69, 9.17) is 0 Å². The van der Waals surface area contributed by atoms with Crippen LogP contribution in [0.5, 0.6) is 0 Å². The van der Waals surface area contributed by atoms with Crippen LogP contribution in [0.4, 0.5) is 0 Å². The maximum Gasteiger partial charge on any atom is 0.247 e. The van der Waals surface area contributed by atoms with Crippen molar-refractivity contribution in [1.29, 1.82) is 0 Å². The van der Waals surface area contributed by atoms with Gasteiger partial charge in [0.15, 0.2) is 0 Å². The van der Waals surface area contributed by atoms with Crippen LogP contribution >= 0.6 is 0 Å². The number of hydrogen-bond acceptors (Lipinski definition) is 3. The Balaban J connectivity index is 2.22. The predicted octanol–water partition coefficient (Wildman–Crippen LogP) is 1.72. The van der Waals surface area contributed by atoms with Crippen LogP contribution in [0, 0.1) is 0 Å². The molecule has 19 heavy (non-hydrogen) atoms. The second kappa shape index (κ2) is 5.88. The minimum absolute atomic E-state index is 0.0689. The van der Waals surface area contributed by atoms with Crippen LogP contribution in [0.1, 0.15) is 38.5 Å². The third-order valence-electron chi connectivity index (χ3n) is 3.77. The molecule has 0 aliphatic heterocycles. The van der Waals surface area contributed by atoms with Crippen LogP contribution in [0.25, 0.3) is 0 Å². The topological polar surface area (TPSA) is 70.2 Å². The summed E-state index contributed by atoms with van der Waals surface area (Å²) in [5, 5.41) is 0. The van der Waals surface area contributed by atoms with Crippen molar-refractivity contribution in [2.24, 2.45) is 0 Å². The molecule has 0 spiro atoms. The SMILES string of the molecule is CN(C1CCCCCC1)S(=O)(=O)c1ccc(=O)[nH]c1. The Hall–Kier alpha value is -1.14. The van der Waals surface area contributed by atoms with E-state index in [2.05, 4.69) is 4.98 Å². The van der Waals surface area contributed by atoms with Gasteiger partial charge in [-0.3, -0.25) is 4.79 Å². The predicted molar refractivity (Wildman–Crippen MR) is 73.5 cm³/mol.